The van der Waals surface area contributed by atoms with Crippen molar-refractivity contribution in [2.45, 2.75) is 25.4 Å². The summed E-state index contributed by atoms with van der Waals surface area (Å²) in [6.07, 6.45) is 8.07. The third kappa shape index (κ3) is 5.07. The normalized spacial score (nSPS) is 15.0. The fourth-order valence-corrected chi connectivity index (χ4v) is 4.22. The highest BCUT2D eigenvalue weighted by molar-refractivity contribution is 5.93. The van der Waals surface area contributed by atoms with Gasteiger partial charge in [-0.1, -0.05) is 12.1 Å². The van der Waals surface area contributed by atoms with Crippen LogP contribution in [0, 0.1) is 5.82 Å². The molecule has 2 N–H and O–H groups in total. The first-order valence-electron chi connectivity index (χ1n) is 11.4. The standard InChI is InChI=1S/C24H26FN7O2/c25-19-3-1-17(2-4-19)14-32-22-21(13-26-16-28-22)30-24(32)29-20-5-9-31(10-6-20)11-8-27-23(33)18-7-12-34-15-18/h1-4,7,12-13,15-16,20H,5-6,8-11,14H2,(H,27,33)(H,29,30). The Labute approximate surface area is 196 Å². The smallest absolute Gasteiger partial charge is 0.254 e. The molecule has 1 aliphatic heterocycles. The van der Waals surface area contributed by atoms with Crippen molar-refractivity contribution < 1.29 is 13.6 Å². The molecule has 4 aromatic rings. The number of aromatic nitrogens is 4. The molecule has 176 valence electrons. The second-order valence-corrected chi connectivity index (χ2v) is 8.41. The van der Waals surface area contributed by atoms with E-state index in [2.05, 4.69) is 25.5 Å². The van der Waals surface area contributed by atoms with Crippen LogP contribution in [0.15, 0.2) is 59.8 Å². The van der Waals surface area contributed by atoms with Gasteiger partial charge in [0.05, 0.1) is 24.6 Å². The second-order valence-electron chi connectivity index (χ2n) is 8.41. The molecule has 34 heavy (non-hydrogen) atoms. The number of carbonyl (C=O) groups is 1. The lowest BCUT2D eigenvalue weighted by atomic mass is 10.1. The van der Waals surface area contributed by atoms with Gasteiger partial charge in [0.25, 0.3) is 5.91 Å². The van der Waals surface area contributed by atoms with Crippen molar-refractivity contribution in [2.24, 2.45) is 0 Å². The van der Waals surface area contributed by atoms with Crippen LogP contribution in [0.25, 0.3) is 11.2 Å². The lowest BCUT2D eigenvalue weighted by Gasteiger charge is -2.32. The van der Waals surface area contributed by atoms with Gasteiger partial charge in [0.15, 0.2) is 5.65 Å². The monoisotopic (exact) mass is 463 g/mol. The van der Waals surface area contributed by atoms with Crippen LogP contribution in [0.4, 0.5) is 10.3 Å². The van der Waals surface area contributed by atoms with Crippen molar-refractivity contribution in [1.29, 1.82) is 0 Å². The van der Waals surface area contributed by atoms with Gasteiger partial charge in [-0.05, 0) is 36.6 Å². The van der Waals surface area contributed by atoms with Gasteiger partial charge in [0.2, 0.25) is 5.95 Å². The van der Waals surface area contributed by atoms with Crippen molar-refractivity contribution in [2.75, 3.05) is 31.5 Å². The van der Waals surface area contributed by atoms with Crippen molar-refractivity contribution in [3.63, 3.8) is 0 Å². The third-order valence-electron chi connectivity index (χ3n) is 6.08. The zero-order chi connectivity index (χ0) is 23.3. The molecule has 3 aromatic heterocycles. The van der Waals surface area contributed by atoms with Crippen LogP contribution in [-0.4, -0.2) is 62.5 Å². The number of fused-ring (bicyclic) bond motifs is 1. The quantitative estimate of drug-likeness (QED) is 0.414. The number of imidazole rings is 1. The van der Waals surface area contributed by atoms with Crippen molar-refractivity contribution >= 4 is 23.0 Å². The summed E-state index contributed by atoms with van der Waals surface area (Å²) in [6.45, 7) is 3.78. The molecular formula is C24H26FN7O2. The Hall–Kier alpha value is -3.79. The fourth-order valence-electron chi connectivity index (χ4n) is 4.22. The van der Waals surface area contributed by atoms with E-state index in [0.717, 1.165) is 55.2 Å². The summed E-state index contributed by atoms with van der Waals surface area (Å²) in [7, 11) is 0. The molecule has 9 nitrogen and oxygen atoms in total. The number of piperidine rings is 1. The van der Waals surface area contributed by atoms with Gasteiger partial charge in [-0.15, -0.1) is 0 Å². The number of hydrogen-bond donors (Lipinski definition) is 2. The van der Waals surface area contributed by atoms with Gasteiger partial charge in [0.1, 0.15) is 23.9 Å². The number of furan rings is 1. The Balaban J connectivity index is 1.18. The minimum Gasteiger partial charge on any atom is -0.472 e. The van der Waals surface area contributed by atoms with Crippen LogP contribution >= 0.6 is 0 Å². The lowest BCUT2D eigenvalue weighted by Crippen LogP contribution is -2.43. The maximum atomic E-state index is 13.3. The first kappa shape index (κ1) is 22.0. The molecule has 0 atom stereocenters. The predicted molar refractivity (Wildman–Crippen MR) is 125 cm³/mol. The topological polar surface area (TPSA) is 101 Å². The Morgan fingerprint density at radius 1 is 1.18 bits per heavy atom. The molecule has 0 radical (unpaired) electrons. The van der Waals surface area contributed by atoms with E-state index < -0.39 is 0 Å². The van der Waals surface area contributed by atoms with Crippen LogP contribution in [0.2, 0.25) is 0 Å². The van der Waals surface area contributed by atoms with E-state index in [-0.39, 0.29) is 17.8 Å². The summed E-state index contributed by atoms with van der Waals surface area (Å²) in [5.74, 6) is 0.367. The number of carbonyl (C=O) groups excluding carboxylic acids is 1. The summed E-state index contributed by atoms with van der Waals surface area (Å²) in [5, 5.41) is 6.51. The molecule has 1 amide bonds. The van der Waals surface area contributed by atoms with Crippen LogP contribution in [0.1, 0.15) is 28.8 Å². The second kappa shape index (κ2) is 10.0. The van der Waals surface area contributed by atoms with Gasteiger partial charge in [0, 0.05) is 32.2 Å². The number of nitrogens with one attached hydrogen (secondary N) is 2. The number of amides is 1. The SMILES string of the molecule is O=C(NCCN1CCC(Nc2nc3cncnc3n2Cc2ccc(F)cc2)CC1)c1ccoc1. The van der Waals surface area contributed by atoms with Crippen LogP contribution in [0.3, 0.4) is 0 Å². The third-order valence-corrected chi connectivity index (χ3v) is 6.08. The molecule has 1 saturated heterocycles. The molecule has 0 unspecified atom stereocenters. The number of rotatable bonds is 8. The molecule has 1 aliphatic rings. The average molecular weight is 464 g/mol. The summed E-state index contributed by atoms with van der Waals surface area (Å²) in [6, 6.07) is 8.40. The van der Waals surface area contributed by atoms with Crippen molar-refractivity contribution in [3.05, 3.63) is 72.3 Å². The molecule has 0 bridgehead atoms. The Morgan fingerprint density at radius 3 is 2.76 bits per heavy atom. The highest BCUT2D eigenvalue weighted by Gasteiger charge is 2.22. The maximum absolute atomic E-state index is 13.3. The number of likely N-dealkylation sites (tertiary alicyclic amines) is 1. The molecule has 0 spiro atoms. The summed E-state index contributed by atoms with van der Waals surface area (Å²) >= 11 is 0. The molecule has 0 saturated carbocycles. The van der Waals surface area contributed by atoms with E-state index in [1.807, 2.05) is 4.57 Å². The highest BCUT2D eigenvalue weighted by atomic mass is 19.1. The van der Waals surface area contributed by atoms with E-state index in [4.69, 9.17) is 9.40 Å². The number of halogens is 1. The van der Waals surface area contributed by atoms with E-state index in [0.29, 0.717) is 18.7 Å². The average Bonchev–Trinajstić information content (AvgIpc) is 3.51. The lowest BCUT2D eigenvalue weighted by molar-refractivity contribution is 0.0945. The van der Waals surface area contributed by atoms with E-state index in [1.165, 1.54) is 31.0 Å². The van der Waals surface area contributed by atoms with Gasteiger partial charge in [-0.3, -0.25) is 9.36 Å². The zero-order valence-electron chi connectivity index (χ0n) is 18.7. The van der Waals surface area contributed by atoms with Gasteiger partial charge in [-0.2, -0.15) is 0 Å². The summed E-state index contributed by atoms with van der Waals surface area (Å²) in [5.41, 5.74) is 2.97. The highest BCUT2D eigenvalue weighted by Crippen LogP contribution is 2.22. The minimum atomic E-state index is -0.257. The zero-order valence-corrected chi connectivity index (χ0v) is 18.7. The van der Waals surface area contributed by atoms with Crippen molar-refractivity contribution in [3.8, 4) is 0 Å². The van der Waals surface area contributed by atoms with Crippen LogP contribution in [-0.2, 0) is 6.54 Å². The molecular weight excluding hydrogens is 437 g/mol. The number of anilines is 1. The Bertz CT molecular complexity index is 1230. The number of benzene rings is 1. The molecule has 5 rings (SSSR count). The van der Waals surface area contributed by atoms with Gasteiger partial charge >= 0.3 is 0 Å². The predicted octanol–water partition coefficient (Wildman–Crippen LogP) is 2.91. The van der Waals surface area contributed by atoms with Gasteiger partial charge in [-0.25, -0.2) is 19.3 Å². The first-order chi connectivity index (χ1) is 16.7. The van der Waals surface area contributed by atoms with Crippen LogP contribution in [0.5, 0.6) is 0 Å². The van der Waals surface area contributed by atoms with Crippen molar-refractivity contribution in [1.82, 2.24) is 29.7 Å². The minimum absolute atomic E-state index is 0.117. The Kier molecular flexibility index (Phi) is 6.48. The number of hydrogen-bond acceptors (Lipinski definition) is 7. The Morgan fingerprint density at radius 2 is 2.00 bits per heavy atom. The maximum Gasteiger partial charge on any atom is 0.254 e. The first-order valence-corrected chi connectivity index (χ1v) is 11.4. The van der Waals surface area contributed by atoms with E-state index in [9.17, 15) is 9.18 Å². The summed E-state index contributed by atoms with van der Waals surface area (Å²) in [4.78, 5) is 27.6. The largest absolute Gasteiger partial charge is 0.472 e. The number of nitrogens with zero attached hydrogens (tertiary/aromatic N) is 5. The van der Waals surface area contributed by atoms with Gasteiger partial charge < -0.3 is 20.0 Å². The van der Waals surface area contributed by atoms with E-state index >= 15 is 0 Å². The molecule has 1 fully saturated rings. The fraction of sp³-hybridized carbons (Fsp3) is 0.333. The summed E-state index contributed by atoms with van der Waals surface area (Å²) < 4.78 is 20.3. The molecule has 1 aromatic carbocycles. The molecule has 4 heterocycles. The molecule has 10 heteroatoms. The van der Waals surface area contributed by atoms with E-state index in [1.54, 1.807) is 24.4 Å². The van der Waals surface area contributed by atoms with Crippen LogP contribution < -0.4 is 10.6 Å². The molecule has 0 aliphatic carbocycles.